The Kier molecular flexibility index (Phi) is 7.28. The van der Waals surface area contributed by atoms with E-state index in [-0.39, 0.29) is 12.1 Å². The fourth-order valence-electron chi connectivity index (χ4n) is 3.08. The standard InChI is InChI=1S/C21H29N5O3S/c1-21(2,3)29-20(28)26-12-10-25(11-13-26)9-7-23-19(27)24-17-6-4-5-16(15-17)18-22-8-14-30-18/h4-6,8,14-15H,7,9-13H2,1-3H3,(H2,23,24,27). The van der Waals surface area contributed by atoms with Gasteiger partial charge in [-0.05, 0) is 32.9 Å². The van der Waals surface area contributed by atoms with Gasteiger partial charge < -0.3 is 20.3 Å². The number of hydrogen-bond acceptors (Lipinski definition) is 6. The predicted molar refractivity (Wildman–Crippen MR) is 119 cm³/mol. The summed E-state index contributed by atoms with van der Waals surface area (Å²) in [7, 11) is 0. The average Bonchev–Trinajstić information content (AvgIpc) is 3.22. The number of piperazine rings is 1. The molecule has 2 aromatic rings. The van der Waals surface area contributed by atoms with Crippen molar-refractivity contribution in [3.05, 3.63) is 35.8 Å². The zero-order valence-corrected chi connectivity index (χ0v) is 18.5. The highest BCUT2D eigenvalue weighted by Crippen LogP contribution is 2.24. The van der Waals surface area contributed by atoms with Gasteiger partial charge in [-0.3, -0.25) is 4.90 Å². The summed E-state index contributed by atoms with van der Waals surface area (Å²) in [6, 6.07) is 7.40. The van der Waals surface area contributed by atoms with Gasteiger partial charge in [0.05, 0.1) is 0 Å². The molecule has 1 fully saturated rings. The minimum absolute atomic E-state index is 0.237. The van der Waals surface area contributed by atoms with Gasteiger partial charge in [0.2, 0.25) is 0 Å². The average molecular weight is 432 g/mol. The van der Waals surface area contributed by atoms with Crippen LogP contribution in [0.4, 0.5) is 15.3 Å². The van der Waals surface area contributed by atoms with Crippen LogP contribution in [-0.2, 0) is 4.74 Å². The van der Waals surface area contributed by atoms with Crippen molar-refractivity contribution in [1.82, 2.24) is 20.1 Å². The third-order valence-corrected chi connectivity index (χ3v) is 5.36. The van der Waals surface area contributed by atoms with Gasteiger partial charge in [-0.1, -0.05) is 12.1 Å². The molecule has 1 aromatic heterocycles. The number of nitrogens with one attached hydrogen (secondary N) is 2. The lowest BCUT2D eigenvalue weighted by Gasteiger charge is -2.35. The molecule has 8 nitrogen and oxygen atoms in total. The Bertz CT molecular complexity index is 843. The summed E-state index contributed by atoms with van der Waals surface area (Å²) in [6.45, 7) is 9.65. The molecule has 30 heavy (non-hydrogen) atoms. The molecule has 1 aromatic carbocycles. The van der Waals surface area contributed by atoms with Crippen LogP contribution in [0.1, 0.15) is 20.8 Å². The number of amides is 3. The lowest BCUT2D eigenvalue weighted by molar-refractivity contribution is 0.0147. The second-order valence-electron chi connectivity index (χ2n) is 8.11. The minimum Gasteiger partial charge on any atom is -0.444 e. The number of nitrogens with zero attached hydrogens (tertiary/aromatic N) is 3. The highest BCUT2D eigenvalue weighted by atomic mass is 32.1. The number of thiazole rings is 1. The lowest BCUT2D eigenvalue weighted by Crippen LogP contribution is -2.51. The Morgan fingerprint density at radius 3 is 2.63 bits per heavy atom. The molecule has 0 radical (unpaired) electrons. The quantitative estimate of drug-likeness (QED) is 0.757. The van der Waals surface area contributed by atoms with Crippen molar-refractivity contribution in [3.63, 3.8) is 0 Å². The van der Waals surface area contributed by atoms with Crippen molar-refractivity contribution in [1.29, 1.82) is 0 Å². The topological polar surface area (TPSA) is 86.8 Å². The monoisotopic (exact) mass is 431 g/mol. The van der Waals surface area contributed by atoms with E-state index >= 15 is 0 Å². The lowest BCUT2D eigenvalue weighted by atomic mass is 10.2. The van der Waals surface area contributed by atoms with E-state index in [4.69, 9.17) is 4.74 Å². The first-order valence-electron chi connectivity index (χ1n) is 10.1. The van der Waals surface area contributed by atoms with Crippen molar-refractivity contribution < 1.29 is 14.3 Å². The van der Waals surface area contributed by atoms with E-state index in [1.165, 1.54) is 0 Å². The van der Waals surface area contributed by atoms with E-state index in [0.717, 1.165) is 35.9 Å². The van der Waals surface area contributed by atoms with Crippen LogP contribution >= 0.6 is 11.3 Å². The molecule has 0 spiro atoms. The highest BCUT2D eigenvalue weighted by molar-refractivity contribution is 7.13. The molecule has 1 aliphatic rings. The van der Waals surface area contributed by atoms with E-state index in [1.54, 1.807) is 22.4 Å². The number of anilines is 1. The summed E-state index contributed by atoms with van der Waals surface area (Å²) in [4.78, 5) is 32.6. The molecule has 3 amide bonds. The van der Waals surface area contributed by atoms with Crippen molar-refractivity contribution in [2.45, 2.75) is 26.4 Å². The molecule has 1 aliphatic heterocycles. The molecule has 2 N–H and O–H groups in total. The van der Waals surface area contributed by atoms with Crippen LogP contribution in [0.25, 0.3) is 10.6 Å². The third-order valence-electron chi connectivity index (χ3n) is 4.54. The Morgan fingerprint density at radius 1 is 1.20 bits per heavy atom. The van der Waals surface area contributed by atoms with Crippen LogP contribution in [0.2, 0.25) is 0 Å². The first kappa shape index (κ1) is 22.0. The summed E-state index contributed by atoms with van der Waals surface area (Å²) in [6.07, 6.45) is 1.50. The first-order chi connectivity index (χ1) is 14.3. The zero-order valence-electron chi connectivity index (χ0n) is 17.7. The first-order valence-corrected chi connectivity index (χ1v) is 10.9. The third kappa shape index (κ3) is 6.70. The van der Waals surface area contributed by atoms with Crippen molar-refractivity contribution in [2.24, 2.45) is 0 Å². The minimum atomic E-state index is -0.481. The maximum Gasteiger partial charge on any atom is 0.410 e. The summed E-state index contributed by atoms with van der Waals surface area (Å²) >= 11 is 1.56. The number of carbonyl (C=O) groups is 2. The van der Waals surface area contributed by atoms with Crippen LogP contribution in [0, 0.1) is 0 Å². The summed E-state index contributed by atoms with van der Waals surface area (Å²) in [5.41, 5.74) is 1.22. The van der Waals surface area contributed by atoms with E-state index in [2.05, 4.69) is 20.5 Å². The van der Waals surface area contributed by atoms with Gasteiger partial charge in [-0.2, -0.15) is 0 Å². The molecule has 9 heteroatoms. The van der Waals surface area contributed by atoms with Gasteiger partial charge in [-0.25, -0.2) is 14.6 Å². The number of benzene rings is 1. The van der Waals surface area contributed by atoms with E-state index in [0.29, 0.717) is 19.6 Å². The summed E-state index contributed by atoms with van der Waals surface area (Å²) < 4.78 is 5.41. The SMILES string of the molecule is CC(C)(C)OC(=O)N1CCN(CCNC(=O)Nc2cccc(-c3nccs3)c2)CC1. The van der Waals surface area contributed by atoms with Crippen LogP contribution in [0.5, 0.6) is 0 Å². The number of aromatic nitrogens is 1. The maximum absolute atomic E-state index is 12.2. The molecule has 0 bridgehead atoms. The molecular formula is C21H29N5O3S. The molecular weight excluding hydrogens is 402 g/mol. The molecule has 3 rings (SSSR count). The highest BCUT2D eigenvalue weighted by Gasteiger charge is 2.25. The normalized spacial score (nSPS) is 15.0. The van der Waals surface area contributed by atoms with E-state index in [1.807, 2.05) is 50.4 Å². The molecule has 0 saturated carbocycles. The molecule has 162 valence electrons. The van der Waals surface area contributed by atoms with E-state index < -0.39 is 5.60 Å². The van der Waals surface area contributed by atoms with Crippen molar-refractivity contribution in [2.75, 3.05) is 44.6 Å². The van der Waals surface area contributed by atoms with Gasteiger partial charge in [0.15, 0.2) is 0 Å². The number of hydrogen-bond donors (Lipinski definition) is 2. The fourth-order valence-corrected chi connectivity index (χ4v) is 3.71. The number of urea groups is 1. The van der Waals surface area contributed by atoms with Crippen LogP contribution < -0.4 is 10.6 Å². The molecule has 0 unspecified atom stereocenters. The molecule has 2 heterocycles. The van der Waals surface area contributed by atoms with Gasteiger partial charge >= 0.3 is 12.1 Å². The Hall–Kier alpha value is -2.65. The van der Waals surface area contributed by atoms with E-state index in [9.17, 15) is 9.59 Å². The Balaban J connectivity index is 1.37. The smallest absolute Gasteiger partial charge is 0.410 e. The Labute approximate surface area is 181 Å². The zero-order chi connectivity index (χ0) is 21.6. The van der Waals surface area contributed by atoms with Crippen LogP contribution in [0.3, 0.4) is 0 Å². The Morgan fingerprint density at radius 2 is 1.97 bits per heavy atom. The van der Waals surface area contributed by atoms with Crippen LogP contribution in [0.15, 0.2) is 35.8 Å². The van der Waals surface area contributed by atoms with Gasteiger partial charge in [-0.15, -0.1) is 11.3 Å². The number of carbonyl (C=O) groups excluding carboxylic acids is 2. The molecule has 1 saturated heterocycles. The molecule has 0 aliphatic carbocycles. The van der Waals surface area contributed by atoms with Crippen molar-refractivity contribution in [3.8, 4) is 10.6 Å². The van der Waals surface area contributed by atoms with Gasteiger partial charge in [0.25, 0.3) is 0 Å². The predicted octanol–water partition coefficient (Wildman–Crippen LogP) is 3.48. The molecule has 0 atom stereocenters. The number of ether oxygens (including phenoxy) is 1. The largest absolute Gasteiger partial charge is 0.444 e. The summed E-state index contributed by atoms with van der Waals surface area (Å²) in [5.74, 6) is 0. The number of rotatable bonds is 5. The van der Waals surface area contributed by atoms with Gasteiger partial charge in [0.1, 0.15) is 10.6 Å². The van der Waals surface area contributed by atoms with Crippen LogP contribution in [-0.4, -0.2) is 71.8 Å². The van der Waals surface area contributed by atoms with Crippen molar-refractivity contribution >= 4 is 29.1 Å². The second-order valence-corrected chi connectivity index (χ2v) is 9.00. The second kappa shape index (κ2) is 9.90. The van der Waals surface area contributed by atoms with Gasteiger partial charge in [0, 0.05) is 62.1 Å². The summed E-state index contributed by atoms with van der Waals surface area (Å²) in [5, 5.41) is 8.60. The maximum atomic E-state index is 12.2. The fraction of sp³-hybridized carbons (Fsp3) is 0.476.